The number of aromatic amines is 1. The lowest BCUT2D eigenvalue weighted by atomic mass is 10.1. The predicted octanol–water partition coefficient (Wildman–Crippen LogP) is 2.44. The fraction of sp³-hybridized carbons (Fsp3) is 0.333. The Bertz CT molecular complexity index is 479. The van der Waals surface area contributed by atoms with E-state index in [1.807, 2.05) is 18.2 Å². The second-order valence-electron chi connectivity index (χ2n) is 4.53. The highest BCUT2D eigenvalue weighted by molar-refractivity contribution is 5.75. The van der Waals surface area contributed by atoms with Crippen molar-refractivity contribution in [3.63, 3.8) is 0 Å². The summed E-state index contributed by atoms with van der Waals surface area (Å²) in [6.07, 6.45) is 6.98. The van der Waals surface area contributed by atoms with Gasteiger partial charge in [-0.05, 0) is 24.8 Å². The smallest absolute Gasteiger partial charge is 0.220 e. The summed E-state index contributed by atoms with van der Waals surface area (Å²) in [7, 11) is 0. The van der Waals surface area contributed by atoms with Crippen LogP contribution in [0.2, 0.25) is 0 Å². The molecule has 100 valence electrons. The number of carbonyl (C=O) groups excluding carboxylic acids is 1. The average Bonchev–Trinajstić information content (AvgIpc) is 2.96. The van der Waals surface area contributed by atoms with E-state index in [2.05, 4.69) is 27.4 Å². The topological polar surface area (TPSA) is 57.8 Å². The van der Waals surface area contributed by atoms with Crippen LogP contribution in [0.1, 0.15) is 30.5 Å². The Kier molecular flexibility index (Phi) is 5.17. The molecule has 0 aliphatic heterocycles. The number of aromatic nitrogens is 2. The van der Waals surface area contributed by atoms with Crippen molar-refractivity contribution in [3.05, 3.63) is 54.1 Å². The van der Waals surface area contributed by atoms with Gasteiger partial charge in [-0.1, -0.05) is 30.3 Å². The molecule has 0 spiro atoms. The zero-order valence-corrected chi connectivity index (χ0v) is 10.9. The first-order valence-corrected chi connectivity index (χ1v) is 6.63. The van der Waals surface area contributed by atoms with Crippen molar-refractivity contribution in [2.24, 2.45) is 0 Å². The standard InChI is InChI=1S/C15H19N3O/c19-15(17-11-14-10-16-12-18-14)9-5-4-8-13-6-2-1-3-7-13/h1-3,6-7,10,12H,4-5,8-9,11H2,(H,16,18)(H,17,19). The molecule has 2 N–H and O–H groups in total. The molecule has 19 heavy (non-hydrogen) atoms. The fourth-order valence-electron chi connectivity index (χ4n) is 1.92. The van der Waals surface area contributed by atoms with Gasteiger partial charge in [-0.2, -0.15) is 0 Å². The van der Waals surface area contributed by atoms with Crippen LogP contribution < -0.4 is 5.32 Å². The molecule has 0 unspecified atom stereocenters. The van der Waals surface area contributed by atoms with Gasteiger partial charge in [0.25, 0.3) is 0 Å². The Morgan fingerprint density at radius 1 is 1.21 bits per heavy atom. The van der Waals surface area contributed by atoms with Gasteiger partial charge in [0.1, 0.15) is 0 Å². The number of amides is 1. The molecule has 2 rings (SSSR count). The Morgan fingerprint density at radius 3 is 2.79 bits per heavy atom. The minimum atomic E-state index is 0.0936. The number of rotatable bonds is 7. The number of aryl methyl sites for hydroxylation is 1. The lowest BCUT2D eigenvalue weighted by Gasteiger charge is -2.03. The number of benzene rings is 1. The molecule has 1 aromatic heterocycles. The lowest BCUT2D eigenvalue weighted by molar-refractivity contribution is -0.121. The van der Waals surface area contributed by atoms with Gasteiger partial charge in [0.05, 0.1) is 18.6 Å². The largest absolute Gasteiger partial charge is 0.351 e. The maximum Gasteiger partial charge on any atom is 0.220 e. The monoisotopic (exact) mass is 257 g/mol. The summed E-state index contributed by atoms with van der Waals surface area (Å²) in [5, 5.41) is 2.86. The molecule has 0 atom stereocenters. The molecule has 4 heteroatoms. The molecule has 4 nitrogen and oxygen atoms in total. The Morgan fingerprint density at radius 2 is 2.05 bits per heavy atom. The van der Waals surface area contributed by atoms with Gasteiger partial charge in [-0.15, -0.1) is 0 Å². The van der Waals surface area contributed by atoms with E-state index in [1.54, 1.807) is 12.5 Å². The minimum absolute atomic E-state index is 0.0936. The molecular weight excluding hydrogens is 238 g/mol. The van der Waals surface area contributed by atoms with E-state index in [0.29, 0.717) is 13.0 Å². The van der Waals surface area contributed by atoms with E-state index in [-0.39, 0.29) is 5.91 Å². The second kappa shape index (κ2) is 7.36. The van der Waals surface area contributed by atoms with Crippen molar-refractivity contribution in [3.8, 4) is 0 Å². The zero-order valence-electron chi connectivity index (χ0n) is 10.9. The molecule has 0 aliphatic carbocycles. The van der Waals surface area contributed by atoms with Crippen molar-refractivity contribution in [1.29, 1.82) is 0 Å². The SMILES string of the molecule is O=C(CCCCc1ccccc1)NCc1c[nH]cn1. The van der Waals surface area contributed by atoms with E-state index >= 15 is 0 Å². The summed E-state index contributed by atoms with van der Waals surface area (Å²) in [6, 6.07) is 10.4. The van der Waals surface area contributed by atoms with E-state index in [0.717, 1.165) is 25.0 Å². The normalized spacial score (nSPS) is 10.3. The first-order chi connectivity index (χ1) is 9.34. The summed E-state index contributed by atoms with van der Waals surface area (Å²) < 4.78 is 0. The molecular formula is C15H19N3O. The molecule has 0 aliphatic rings. The van der Waals surface area contributed by atoms with E-state index in [1.165, 1.54) is 5.56 Å². The summed E-state index contributed by atoms with van der Waals surface area (Å²) in [6.45, 7) is 0.501. The first kappa shape index (κ1) is 13.3. The molecule has 1 heterocycles. The number of hydrogen-bond acceptors (Lipinski definition) is 2. The van der Waals surface area contributed by atoms with Crippen LogP contribution in [0.25, 0.3) is 0 Å². The van der Waals surface area contributed by atoms with Crippen LogP contribution in [0.3, 0.4) is 0 Å². The van der Waals surface area contributed by atoms with Crippen LogP contribution >= 0.6 is 0 Å². The van der Waals surface area contributed by atoms with Gasteiger partial charge in [0, 0.05) is 12.6 Å². The lowest BCUT2D eigenvalue weighted by Crippen LogP contribution is -2.22. The van der Waals surface area contributed by atoms with E-state index in [4.69, 9.17) is 0 Å². The summed E-state index contributed by atoms with van der Waals surface area (Å²) in [5.74, 6) is 0.0936. The third-order valence-corrected chi connectivity index (χ3v) is 2.98. The number of nitrogens with one attached hydrogen (secondary N) is 2. The Hall–Kier alpha value is -2.10. The predicted molar refractivity (Wildman–Crippen MR) is 74.4 cm³/mol. The van der Waals surface area contributed by atoms with Gasteiger partial charge >= 0.3 is 0 Å². The van der Waals surface area contributed by atoms with Crippen LogP contribution in [-0.2, 0) is 17.8 Å². The summed E-state index contributed by atoms with van der Waals surface area (Å²) in [4.78, 5) is 18.5. The molecule has 0 saturated carbocycles. The molecule has 1 aromatic carbocycles. The number of carbonyl (C=O) groups is 1. The molecule has 2 aromatic rings. The maximum absolute atomic E-state index is 11.6. The summed E-state index contributed by atoms with van der Waals surface area (Å²) in [5.41, 5.74) is 2.19. The van der Waals surface area contributed by atoms with Crippen molar-refractivity contribution in [2.45, 2.75) is 32.2 Å². The molecule has 0 saturated heterocycles. The average molecular weight is 257 g/mol. The molecule has 0 bridgehead atoms. The van der Waals surface area contributed by atoms with Gasteiger partial charge in [0.15, 0.2) is 0 Å². The van der Waals surface area contributed by atoms with Crippen LogP contribution in [0.15, 0.2) is 42.9 Å². The highest BCUT2D eigenvalue weighted by Crippen LogP contribution is 2.06. The van der Waals surface area contributed by atoms with Crippen LogP contribution in [0.4, 0.5) is 0 Å². The quantitative estimate of drug-likeness (QED) is 0.748. The molecule has 0 fully saturated rings. The highest BCUT2D eigenvalue weighted by Gasteiger charge is 2.02. The van der Waals surface area contributed by atoms with Crippen LogP contribution in [-0.4, -0.2) is 15.9 Å². The van der Waals surface area contributed by atoms with Crippen molar-refractivity contribution < 1.29 is 4.79 Å². The number of hydrogen-bond donors (Lipinski definition) is 2. The highest BCUT2D eigenvalue weighted by atomic mass is 16.1. The third kappa shape index (κ3) is 4.95. The van der Waals surface area contributed by atoms with Gasteiger partial charge in [0.2, 0.25) is 5.91 Å². The van der Waals surface area contributed by atoms with Crippen LogP contribution in [0, 0.1) is 0 Å². The van der Waals surface area contributed by atoms with Crippen LogP contribution in [0.5, 0.6) is 0 Å². The molecule has 0 radical (unpaired) electrons. The van der Waals surface area contributed by atoms with E-state index < -0.39 is 0 Å². The number of imidazole rings is 1. The summed E-state index contributed by atoms with van der Waals surface area (Å²) >= 11 is 0. The maximum atomic E-state index is 11.6. The van der Waals surface area contributed by atoms with Gasteiger partial charge in [-0.3, -0.25) is 4.79 Å². The van der Waals surface area contributed by atoms with Crippen molar-refractivity contribution >= 4 is 5.91 Å². The number of H-pyrrole nitrogens is 1. The zero-order chi connectivity index (χ0) is 13.3. The fourth-order valence-corrected chi connectivity index (χ4v) is 1.92. The van der Waals surface area contributed by atoms with Crippen molar-refractivity contribution in [2.75, 3.05) is 0 Å². The first-order valence-electron chi connectivity index (χ1n) is 6.63. The van der Waals surface area contributed by atoms with Gasteiger partial charge < -0.3 is 10.3 Å². The Labute approximate surface area is 113 Å². The number of nitrogens with zero attached hydrogens (tertiary/aromatic N) is 1. The number of unbranched alkanes of at least 4 members (excludes halogenated alkanes) is 1. The van der Waals surface area contributed by atoms with E-state index in [9.17, 15) is 4.79 Å². The minimum Gasteiger partial charge on any atom is -0.351 e. The van der Waals surface area contributed by atoms with Crippen molar-refractivity contribution in [1.82, 2.24) is 15.3 Å². The second-order valence-corrected chi connectivity index (χ2v) is 4.53. The Balaban J connectivity index is 1.57. The molecule has 1 amide bonds. The van der Waals surface area contributed by atoms with Gasteiger partial charge in [-0.25, -0.2) is 4.98 Å². The third-order valence-electron chi connectivity index (χ3n) is 2.98.